The molecule has 0 spiro atoms. The number of nitrogens with one attached hydrogen (secondary N) is 1. The van der Waals surface area contributed by atoms with Crippen LogP contribution in [0.25, 0.3) is 0 Å². The molecule has 0 unspecified atom stereocenters. The number of halogens is 3. The van der Waals surface area contributed by atoms with Gasteiger partial charge in [-0.3, -0.25) is 14.6 Å². The van der Waals surface area contributed by atoms with Gasteiger partial charge in [-0.2, -0.15) is 0 Å². The molecule has 166 valence electrons. The molecule has 0 aromatic heterocycles. The van der Waals surface area contributed by atoms with Crippen molar-refractivity contribution >= 4 is 34.8 Å². The van der Waals surface area contributed by atoms with Crippen LogP contribution < -0.4 is 14.8 Å². The maximum Gasteiger partial charge on any atom is 0.238 e. The Bertz CT molecular complexity index is 932. The predicted molar refractivity (Wildman–Crippen MR) is 119 cm³/mol. The average molecular weight is 468 g/mol. The summed E-state index contributed by atoms with van der Waals surface area (Å²) in [7, 11) is 0. The van der Waals surface area contributed by atoms with Crippen LogP contribution in [0.1, 0.15) is 12.0 Å². The van der Waals surface area contributed by atoms with E-state index in [9.17, 15) is 9.18 Å². The van der Waals surface area contributed by atoms with Crippen LogP contribution in [0.3, 0.4) is 0 Å². The van der Waals surface area contributed by atoms with Gasteiger partial charge >= 0.3 is 0 Å². The van der Waals surface area contributed by atoms with Gasteiger partial charge in [-0.1, -0.05) is 29.3 Å². The Kier molecular flexibility index (Phi) is 7.17. The van der Waals surface area contributed by atoms with Gasteiger partial charge in [-0.25, -0.2) is 4.39 Å². The zero-order valence-electron chi connectivity index (χ0n) is 17.0. The lowest BCUT2D eigenvalue weighted by Crippen LogP contribution is -2.48. The molecule has 2 aromatic rings. The van der Waals surface area contributed by atoms with E-state index in [2.05, 4.69) is 15.1 Å². The molecule has 4 rings (SSSR count). The van der Waals surface area contributed by atoms with Gasteiger partial charge in [0.25, 0.3) is 0 Å². The molecule has 1 N–H and O–H groups in total. The number of carbonyl (C=O) groups is 1. The first-order valence-electron chi connectivity index (χ1n) is 10.3. The molecule has 9 heteroatoms. The Morgan fingerprint density at radius 1 is 1.00 bits per heavy atom. The summed E-state index contributed by atoms with van der Waals surface area (Å²) in [4.78, 5) is 16.8. The third kappa shape index (κ3) is 5.60. The first kappa shape index (κ1) is 22.1. The summed E-state index contributed by atoms with van der Waals surface area (Å²) in [5.74, 6) is 0.729. The van der Waals surface area contributed by atoms with Crippen molar-refractivity contribution in [2.45, 2.75) is 13.0 Å². The van der Waals surface area contributed by atoms with Gasteiger partial charge in [0.15, 0.2) is 11.5 Å². The first-order valence-corrected chi connectivity index (χ1v) is 11.0. The summed E-state index contributed by atoms with van der Waals surface area (Å²) in [5, 5.41) is 3.71. The van der Waals surface area contributed by atoms with Crippen molar-refractivity contribution in [2.24, 2.45) is 0 Å². The fourth-order valence-electron chi connectivity index (χ4n) is 3.69. The molecule has 1 fully saturated rings. The molecule has 0 bridgehead atoms. The van der Waals surface area contributed by atoms with E-state index in [1.54, 1.807) is 24.3 Å². The third-order valence-corrected chi connectivity index (χ3v) is 6.05. The number of benzene rings is 2. The van der Waals surface area contributed by atoms with E-state index in [0.29, 0.717) is 65.6 Å². The molecule has 2 aliphatic rings. The van der Waals surface area contributed by atoms with E-state index in [0.717, 1.165) is 19.5 Å². The molecule has 6 nitrogen and oxygen atoms in total. The molecule has 1 saturated heterocycles. The van der Waals surface area contributed by atoms with Gasteiger partial charge in [0.2, 0.25) is 5.91 Å². The fraction of sp³-hybridized carbons (Fsp3) is 0.409. The van der Waals surface area contributed by atoms with Crippen LogP contribution in [0, 0.1) is 5.82 Å². The van der Waals surface area contributed by atoms with Crippen molar-refractivity contribution in [1.29, 1.82) is 0 Å². The minimum atomic E-state index is -0.290. The topological polar surface area (TPSA) is 54.0 Å². The number of anilines is 1. The number of fused-ring (bicyclic) bond motifs is 1. The zero-order valence-corrected chi connectivity index (χ0v) is 18.5. The van der Waals surface area contributed by atoms with Crippen LogP contribution in [-0.4, -0.2) is 61.6 Å². The molecule has 0 saturated carbocycles. The Morgan fingerprint density at radius 3 is 2.39 bits per heavy atom. The molecule has 0 atom stereocenters. The Morgan fingerprint density at radius 2 is 1.68 bits per heavy atom. The summed E-state index contributed by atoms with van der Waals surface area (Å²) in [6.45, 7) is 4.69. The standard InChI is InChI=1S/C22H24Cl2FN3O3/c23-16-3-1-4-18(25)15(16)13-27-5-7-28(8-6-27)14-22(29)26-19-12-21-20(11-17(19)24)30-9-2-10-31-21/h1,3-4,11-12H,2,5-10,13-14H2,(H,26,29). The van der Waals surface area contributed by atoms with Gasteiger partial charge in [0.05, 0.1) is 30.5 Å². The number of rotatable bonds is 5. The highest BCUT2D eigenvalue weighted by Gasteiger charge is 2.22. The molecule has 2 aromatic carbocycles. The number of carbonyl (C=O) groups excluding carboxylic acids is 1. The maximum absolute atomic E-state index is 14.0. The fourth-order valence-corrected chi connectivity index (χ4v) is 4.11. The minimum Gasteiger partial charge on any atom is -0.490 e. The van der Waals surface area contributed by atoms with Crippen LogP contribution >= 0.6 is 23.2 Å². The summed E-state index contributed by atoms with van der Waals surface area (Å²) < 4.78 is 25.3. The van der Waals surface area contributed by atoms with E-state index in [-0.39, 0.29) is 18.3 Å². The van der Waals surface area contributed by atoms with Crippen molar-refractivity contribution in [2.75, 3.05) is 51.3 Å². The van der Waals surface area contributed by atoms with E-state index in [4.69, 9.17) is 32.7 Å². The smallest absolute Gasteiger partial charge is 0.238 e. The largest absolute Gasteiger partial charge is 0.490 e. The van der Waals surface area contributed by atoms with Crippen LogP contribution in [0.5, 0.6) is 11.5 Å². The number of amides is 1. The van der Waals surface area contributed by atoms with Crippen molar-refractivity contribution in [3.05, 3.63) is 51.8 Å². The second kappa shape index (κ2) is 10.0. The highest BCUT2D eigenvalue weighted by Crippen LogP contribution is 2.37. The summed E-state index contributed by atoms with van der Waals surface area (Å²) in [5.41, 5.74) is 1.02. The number of nitrogens with zero attached hydrogens (tertiary/aromatic N) is 2. The molecule has 2 heterocycles. The van der Waals surface area contributed by atoms with Gasteiger partial charge in [0.1, 0.15) is 5.82 Å². The lowest BCUT2D eigenvalue weighted by Gasteiger charge is -2.34. The number of ether oxygens (including phenoxy) is 2. The van der Waals surface area contributed by atoms with Crippen molar-refractivity contribution in [3.8, 4) is 11.5 Å². The monoisotopic (exact) mass is 467 g/mol. The second-order valence-corrected chi connectivity index (χ2v) is 8.44. The van der Waals surface area contributed by atoms with Gasteiger partial charge in [-0.15, -0.1) is 0 Å². The van der Waals surface area contributed by atoms with Crippen molar-refractivity contribution < 1.29 is 18.7 Å². The normalized spacial score (nSPS) is 17.3. The summed E-state index contributed by atoms with van der Waals surface area (Å²) in [6, 6.07) is 8.10. The third-order valence-electron chi connectivity index (χ3n) is 5.39. The quantitative estimate of drug-likeness (QED) is 0.718. The Labute approximate surface area is 190 Å². The molecule has 0 radical (unpaired) electrons. The van der Waals surface area contributed by atoms with Crippen molar-refractivity contribution in [3.63, 3.8) is 0 Å². The van der Waals surface area contributed by atoms with E-state index in [1.807, 2.05) is 0 Å². The van der Waals surface area contributed by atoms with E-state index >= 15 is 0 Å². The predicted octanol–water partition coefficient (Wildman–Crippen LogP) is 4.05. The van der Waals surface area contributed by atoms with E-state index < -0.39 is 0 Å². The minimum absolute atomic E-state index is 0.151. The van der Waals surface area contributed by atoms with Gasteiger partial charge in [-0.05, 0) is 12.1 Å². The highest BCUT2D eigenvalue weighted by atomic mass is 35.5. The molecular formula is C22H24Cl2FN3O3. The van der Waals surface area contributed by atoms with Crippen LogP contribution in [0.2, 0.25) is 10.0 Å². The Balaban J connectivity index is 1.29. The lowest BCUT2D eigenvalue weighted by atomic mass is 10.2. The summed E-state index contributed by atoms with van der Waals surface area (Å²) >= 11 is 12.4. The zero-order chi connectivity index (χ0) is 21.8. The SMILES string of the molecule is O=C(CN1CCN(Cc2c(F)cccc2Cl)CC1)Nc1cc2c(cc1Cl)OCCCO2. The van der Waals surface area contributed by atoms with Gasteiger partial charge in [0, 0.05) is 61.9 Å². The summed E-state index contributed by atoms with van der Waals surface area (Å²) in [6.07, 6.45) is 0.795. The number of hydrogen-bond donors (Lipinski definition) is 1. The number of piperazine rings is 1. The molecule has 2 aliphatic heterocycles. The molecule has 0 aliphatic carbocycles. The lowest BCUT2D eigenvalue weighted by molar-refractivity contribution is -0.117. The first-order chi connectivity index (χ1) is 15.0. The maximum atomic E-state index is 14.0. The number of hydrogen-bond acceptors (Lipinski definition) is 5. The van der Waals surface area contributed by atoms with Crippen LogP contribution in [0.15, 0.2) is 30.3 Å². The molecular weight excluding hydrogens is 444 g/mol. The van der Waals surface area contributed by atoms with Crippen molar-refractivity contribution in [1.82, 2.24) is 9.80 Å². The Hall–Kier alpha value is -2.06. The second-order valence-electron chi connectivity index (χ2n) is 7.63. The van der Waals surface area contributed by atoms with Crippen LogP contribution in [-0.2, 0) is 11.3 Å². The van der Waals surface area contributed by atoms with E-state index in [1.165, 1.54) is 6.07 Å². The van der Waals surface area contributed by atoms with Crippen LogP contribution in [0.4, 0.5) is 10.1 Å². The van der Waals surface area contributed by atoms with Gasteiger partial charge < -0.3 is 14.8 Å². The highest BCUT2D eigenvalue weighted by molar-refractivity contribution is 6.34. The molecule has 31 heavy (non-hydrogen) atoms. The average Bonchev–Trinajstić information content (AvgIpc) is 2.97. The molecule has 1 amide bonds.